The quantitative estimate of drug-likeness (QED) is 0.799. The fraction of sp³-hybridized carbons (Fsp3) is 0.154. The van der Waals surface area contributed by atoms with Crippen LogP contribution in [0.15, 0.2) is 41.5 Å². The largest absolute Gasteiger partial charge is 0.481 e. The first-order valence-electron chi connectivity index (χ1n) is 5.02. The molecule has 0 aliphatic heterocycles. The zero-order chi connectivity index (χ0) is 11.5. The van der Waals surface area contributed by atoms with E-state index in [0.717, 1.165) is 22.1 Å². The minimum Gasteiger partial charge on any atom is -0.481 e. The third-order valence-electron chi connectivity index (χ3n) is 2.48. The molecule has 3 nitrogen and oxygen atoms in total. The molecule has 0 unspecified atom stereocenters. The minimum atomic E-state index is -0.826. The SMILES string of the molecule is C=CCc1cc2occc2cc1CC(=O)O. The van der Waals surface area contributed by atoms with Gasteiger partial charge in [0.25, 0.3) is 0 Å². The van der Waals surface area contributed by atoms with Crippen molar-refractivity contribution in [1.82, 2.24) is 0 Å². The molecule has 1 N–H and O–H groups in total. The normalized spacial score (nSPS) is 10.5. The van der Waals surface area contributed by atoms with Gasteiger partial charge in [-0.1, -0.05) is 6.08 Å². The van der Waals surface area contributed by atoms with Gasteiger partial charge in [-0.25, -0.2) is 0 Å². The van der Waals surface area contributed by atoms with Gasteiger partial charge in [0.05, 0.1) is 12.7 Å². The van der Waals surface area contributed by atoms with E-state index in [2.05, 4.69) is 6.58 Å². The maximum Gasteiger partial charge on any atom is 0.307 e. The lowest BCUT2D eigenvalue weighted by Gasteiger charge is -2.05. The molecule has 0 bridgehead atoms. The molecule has 0 fully saturated rings. The number of furan rings is 1. The standard InChI is InChI=1S/C13H12O3/c1-2-3-9-7-12-10(4-5-16-12)6-11(9)8-13(14)15/h2,4-7H,1,3,8H2,(H,14,15). The highest BCUT2D eigenvalue weighted by molar-refractivity contribution is 5.81. The minimum absolute atomic E-state index is 0.0320. The average Bonchev–Trinajstić information content (AvgIpc) is 2.64. The lowest BCUT2D eigenvalue weighted by molar-refractivity contribution is -0.136. The summed E-state index contributed by atoms with van der Waals surface area (Å²) in [5.41, 5.74) is 2.56. The van der Waals surface area contributed by atoms with Crippen molar-refractivity contribution in [2.75, 3.05) is 0 Å². The van der Waals surface area contributed by atoms with Gasteiger partial charge in [-0.05, 0) is 35.7 Å². The van der Waals surface area contributed by atoms with Crippen molar-refractivity contribution in [3.8, 4) is 0 Å². The fourth-order valence-electron chi connectivity index (χ4n) is 1.77. The highest BCUT2D eigenvalue weighted by Crippen LogP contribution is 2.22. The Balaban J connectivity index is 2.52. The predicted molar refractivity (Wildman–Crippen MR) is 61.5 cm³/mol. The van der Waals surface area contributed by atoms with Crippen LogP contribution in [0.3, 0.4) is 0 Å². The van der Waals surface area contributed by atoms with Gasteiger partial charge in [0.2, 0.25) is 0 Å². The topological polar surface area (TPSA) is 50.4 Å². The molecule has 82 valence electrons. The van der Waals surface area contributed by atoms with Crippen LogP contribution in [0.2, 0.25) is 0 Å². The van der Waals surface area contributed by atoms with Crippen LogP contribution in [0.5, 0.6) is 0 Å². The van der Waals surface area contributed by atoms with Crippen molar-refractivity contribution in [3.05, 3.63) is 48.2 Å². The molecule has 1 heterocycles. The molecule has 0 atom stereocenters. The zero-order valence-electron chi connectivity index (χ0n) is 8.77. The summed E-state index contributed by atoms with van der Waals surface area (Å²) in [4.78, 5) is 10.8. The summed E-state index contributed by atoms with van der Waals surface area (Å²) < 4.78 is 5.28. The van der Waals surface area contributed by atoms with E-state index in [9.17, 15) is 4.79 Å². The van der Waals surface area contributed by atoms with E-state index < -0.39 is 5.97 Å². The Kier molecular flexibility index (Phi) is 2.77. The Labute approximate surface area is 93.0 Å². The molecule has 0 radical (unpaired) electrons. The monoisotopic (exact) mass is 216 g/mol. The number of carboxylic acids is 1. The van der Waals surface area contributed by atoms with Crippen LogP contribution in [0.25, 0.3) is 11.0 Å². The molecule has 2 aromatic rings. The van der Waals surface area contributed by atoms with Crippen LogP contribution in [-0.4, -0.2) is 11.1 Å². The van der Waals surface area contributed by atoms with Crippen molar-refractivity contribution in [3.63, 3.8) is 0 Å². The summed E-state index contributed by atoms with van der Waals surface area (Å²) in [5, 5.41) is 9.77. The van der Waals surface area contributed by atoms with E-state index in [4.69, 9.17) is 9.52 Å². The smallest absolute Gasteiger partial charge is 0.307 e. The maximum absolute atomic E-state index is 10.8. The molecule has 1 aromatic carbocycles. The molecular formula is C13H12O3. The molecule has 3 heteroatoms. The first-order valence-corrected chi connectivity index (χ1v) is 5.02. The average molecular weight is 216 g/mol. The summed E-state index contributed by atoms with van der Waals surface area (Å²) in [6, 6.07) is 5.58. The van der Waals surface area contributed by atoms with Gasteiger partial charge in [0.1, 0.15) is 5.58 Å². The van der Waals surface area contributed by atoms with Crippen LogP contribution >= 0.6 is 0 Å². The number of carbonyl (C=O) groups is 1. The highest BCUT2D eigenvalue weighted by atomic mass is 16.4. The van der Waals surface area contributed by atoms with Crippen LogP contribution in [-0.2, 0) is 17.6 Å². The molecule has 0 spiro atoms. The van der Waals surface area contributed by atoms with Gasteiger partial charge >= 0.3 is 5.97 Å². The summed E-state index contributed by atoms with van der Waals surface area (Å²) in [7, 11) is 0. The number of rotatable bonds is 4. The molecule has 0 saturated heterocycles. The Bertz CT molecular complexity index is 537. The molecule has 0 aliphatic rings. The van der Waals surface area contributed by atoms with Crippen molar-refractivity contribution >= 4 is 16.9 Å². The van der Waals surface area contributed by atoms with Crippen molar-refractivity contribution < 1.29 is 14.3 Å². The van der Waals surface area contributed by atoms with Crippen LogP contribution in [0, 0.1) is 0 Å². The Hall–Kier alpha value is -2.03. The van der Waals surface area contributed by atoms with Gasteiger partial charge < -0.3 is 9.52 Å². The lowest BCUT2D eigenvalue weighted by atomic mass is 10.00. The second kappa shape index (κ2) is 4.23. The number of hydrogen-bond acceptors (Lipinski definition) is 2. The lowest BCUT2D eigenvalue weighted by Crippen LogP contribution is -2.03. The van der Waals surface area contributed by atoms with Crippen molar-refractivity contribution in [2.45, 2.75) is 12.8 Å². The van der Waals surface area contributed by atoms with Gasteiger partial charge in [0.15, 0.2) is 0 Å². The summed E-state index contributed by atoms with van der Waals surface area (Å²) in [6.07, 6.45) is 4.05. The molecule has 1 aromatic heterocycles. The zero-order valence-corrected chi connectivity index (χ0v) is 8.77. The van der Waals surface area contributed by atoms with Crippen LogP contribution in [0.1, 0.15) is 11.1 Å². The highest BCUT2D eigenvalue weighted by Gasteiger charge is 2.09. The van der Waals surface area contributed by atoms with Gasteiger partial charge in [0, 0.05) is 5.39 Å². The summed E-state index contributed by atoms with van der Waals surface area (Å²) >= 11 is 0. The fourth-order valence-corrected chi connectivity index (χ4v) is 1.77. The van der Waals surface area contributed by atoms with Gasteiger partial charge in [-0.15, -0.1) is 6.58 Å². The molecule has 0 amide bonds. The van der Waals surface area contributed by atoms with E-state index in [1.54, 1.807) is 12.3 Å². The Morgan fingerprint density at radius 2 is 2.25 bits per heavy atom. The first kappa shape index (κ1) is 10.5. The molecular weight excluding hydrogens is 204 g/mol. The number of benzene rings is 1. The molecule has 0 saturated carbocycles. The third-order valence-corrected chi connectivity index (χ3v) is 2.48. The van der Waals surface area contributed by atoms with E-state index in [-0.39, 0.29) is 6.42 Å². The Morgan fingerprint density at radius 1 is 1.44 bits per heavy atom. The van der Waals surface area contributed by atoms with E-state index in [1.807, 2.05) is 18.2 Å². The number of aliphatic carboxylic acids is 1. The summed E-state index contributed by atoms with van der Waals surface area (Å²) in [6.45, 7) is 3.67. The Morgan fingerprint density at radius 3 is 2.94 bits per heavy atom. The molecule has 16 heavy (non-hydrogen) atoms. The predicted octanol–water partition coefficient (Wildman–Crippen LogP) is 2.79. The van der Waals surface area contributed by atoms with Crippen molar-refractivity contribution in [1.29, 1.82) is 0 Å². The van der Waals surface area contributed by atoms with Gasteiger partial charge in [-0.2, -0.15) is 0 Å². The maximum atomic E-state index is 10.8. The number of allylic oxidation sites excluding steroid dienone is 1. The summed E-state index contributed by atoms with van der Waals surface area (Å²) in [5.74, 6) is -0.826. The van der Waals surface area contributed by atoms with Gasteiger partial charge in [-0.3, -0.25) is 4.79 Å². The molecule has 2 rings (SSSR count). The second-order valence-corrected chi connectivity index (χ2v) is 3.64. The van der Waals surface area contributed by atoms with E-state index in [1.165, 1.54) is 0 Å². The number of carboxylic acid groups (broad SMARTS) is 1. The van der Waals surface area contributed by atoms with Crippen molar-refractivity contribution in [2.24, 2.45) is 0 Å². The number of hydrogen-bond donors (Lipinski definition) is 1. The first-order chi connectivity index (χ1) is 7.70. The molecule has 0 aliphatic carbocycles. The van der Waals surface area contributed by atoms with Crippen LogP contribution in [0.4, 0.5) is 0 Å². The number of fused-ring (bicyclic) bond motifs is 1. The van der Waals surface area contributed by atoms with E-state index in [0.29, 0.717) is 6.42 Å². The van der Waals surface area contributed by atoms with E-state index >= 15 is 0 Å². The van der Waals surface area contributed by atoms with Crippen LogP contribution < -0.4 is 0 Å². The second-order valence-electron chi connectivity index (χ2n) is 3.64. The third kappa shape index (κ3) is 1.98.